The van der Waals surface area contributed by atoms with Crippen LogP contribution in [0.25, 0.3) is 21.8 Å². The van der Waals surface area contributed by atoms with Gasteiger partial charge >= 0.3 is 0 Å². The molecule has 0 radical (unpaired) electrons. The molecule has 0 saturated carbocycles. The number of hydrogen-bond donors (Lipinski definition) is 0. The van der Waals surface area contributed by atoms with E-state index in [0.29, 0.717) is 34.9 Å². The van der Waals surface area contributed by atoms with Gasteiger partial charge in [0, 0.05) is 23.8 Å². The second-order valence-electron chi connectivity index (χ2n) is 7.23. The number of rotatable bonds is 5. The van der Waals surface area contributed by atoms with Crippen LogP contribution in [0.5, 0.6) is 0 Å². The lowest BCUT2D eigenvalue weighted by atomic mass is 10.1. The molecule has 0 atom stereocenters. The second-order valence-corrected chi connectivity index (χ2v) is 8.26. The smallest absolute Gasteiger partial charge is 0.260 e. The van der Waals surface area contributed by atoms with Crippen molar-refractivity contribution in [3.63, 3.8) is 0 Å². The Bertz CT molecular complexity index is 1450. The molecular weight excluding hydrogens is 394 g/mol. The Balaban J connectivity index is 1.57. The van der Waals surface area contributed by atoms with Gasteiger partial charge in [-0.1, -0.05) is 36.4 Å². The maximum Gasteiger partial charge on any atom is 0.260 e. The first-order valence-corrected chi connectivity index (χ1v) is 10.7. The van der Waals surface area contributed by atoms with E-state index in [-0.39, 0.29) is 11.1 Å². The number of fused-ring (bicyclic) bond motifs is 2. The fourth-order valence-corrected chi connectivity index (χ4v) is 4.37. The number of hydrogen-bond acceptors (Lipinski definition) is 4. The molecule has 0 bridgehead atoms. The van der Waals surface area contributed by atoms with Gasteiger partial charge in [-0.25, -0.2) is 4.98 Å². The minimum absolute atomic E-state index is 0.115. The predicted octanol–water partition coefficient (Wildman–Crippen LogP) is 4.06. The van der Waals surface area contributed by atoms with Crippen LogP contribution >= 0.6 is 11.3 Å². The van der Waals surface area contributed by atoms with Crippen LogP contribution in [0.1, 0.15) is 10.4 Å². The maximum absolute atomic E-state index is 13.1. The maximum atomic E-state index is 13.1. The van der Waals surface area contributed by atoms with Crippen LogP contribution in [0.15, 0.2) is 88.0 Å². The summed E-state index contributed by atoms with van der Waals surface area (Å²) in [5.41, 5.74) is 2.01. The summed E-state index contributed by atoms with van der Waals surface area (Å²) < 4.78 is 3.35. The summed E-state index contributed by atoms with van der Waals surface area (Å²) in [5, 5.41) is 2.98. The zero-order valence-electron chi connectivity index (χ0n) is 16.2. The van der Waals surface area contributed by atoms with Crippen molar-refractivity contribution in [3.8, 4) is 0 Å². The lowest BCUT2D eigenvalue weighted by molar-refractivity contribution is 0.680. The zero-order valence-corrected chi connectivity index (χ0v) is 17.0. The third kappa shape index (κ3) is 3.46. The van der Waals surface area contributed by atoms with Crippen LogP contribution in [0.4, 0.5) is 0 Å². The number of nitrogens with zero attached hydrogens (tertiary/aromatic N) is 3. The predicted molar refractivity (Wildman–Crippen MR) is 121 cm³/mol. The standard InChI is InChI=1S/C24H19N3O2S/c28-23-19-15-20-22(10-13-27(24(20)29)16-17-5-2-1-3-6-17)25-21(19)9-12-26(23)11-8-18-7-4-14-30-18/h1-7,9-10,12-15H,8,11,16H2. The monoisotopic (exact) mass is 413 g/mol. The van der Waals surface area contributed by atoms with Crippen LogP contribution < -0.4 is 11.1 Å². The van der Waals surface area contributed by atoms with Gasteiger partial charge in [0.25, 0.3) is 11.1 Å². The number of thiophene rings is 1. The number of pyridine rings is 3. The van der Waals surface area contributed by atoms with E-state index in [1.807, 2.05) is 53.9 Å². The van der Waals surface area contributed by atoms with Crippen LogP contribution in [0.2, 0.25) is 0 Å². The van der Waals surface area contributed by atoms with E-state index >= 15 is 0 Å². The van der Waals surface area contributed by atoms with Gasteiger partial charge in [0.2, 0.25) is 0 Å². The van der Waals surface area contributed by atoms with E-state index < -0.39 is 0 Å². The SMILES string of the molecule is O=c1c2cc3c(=O)n(Cc4ccccc4)ccc3nc2ccn1CCc1cccs1. The largest absolute Gasteiger partial charge is 0.315 e. The average molecular weight is 414 g/mol. The van der Waals surface area contributed by atoms with Gasteiger partial charge in [0.05, 0.1) is 28.4 Å². The first kappa shape index (κ1) is 18.5. The molecular formula is C24H19N3O2S. The minimum atomic E-state index is -0.140. The van der Waals surface area contributed by atoms with Crippen LogP contribution in [-0.2, 0) is 19.5 Å². The van der Waals surface area contributed by atoms with Gasteiger partial charge in [-0.2, -0.15) is 0 Å². The first-order chi connectivity index (χ1) is 14.7. The van der Waals surface area contributed by atoms with Crippen molar-refractivity contribution in [2.75, 3.05) is 0 Å². The van der Waals surface area contributed by atoms with Crippen molar-refractivity contribution in [2.45, 2.75) is 19.5 Å². The summed E-state index contributed by atoms with van der Waals surface area (Å²) in [7, 11) is 0. The molecule has 4 aromatic heterocycles. The van der Waals surface area contributed by atoms with Crippen molar-refractivity contribution in [1.29, 1.82) is 0 Å². The van der Waals surface area contributed by atoms with E-state index in [2.05, 4.69) is 11.1 Å². The Kier molecular flexibility index (Phi) is 4.77. The van der Waals surface area contributed by atoms with E-state index in [1.165, 1.54) is 4.88 Å². The Morgan fingerprint density at radius 3 is 2.20 bits per heavy atom. The van der Waals surface area contributed by atoms with Crippen molar-refractivity contribution in [2.24, 2.45) is 0 Å². The normalized spacial score (nSPS) is 11.3. The number of benzene rings is 1. The third-order valence-corrected chi connectivity index (χ3v) is 6.20. The second kappa shape index (κ2) is 7.72. The zero-order chi connectivity index (χ0) is 20.5. The van der Waals surface area contributed by atoms with E-state index in [0.717, 1.165) is 12.0 Å². The highest BCUT2D eigenvalue weighted by atomic mass is 32.1. The summed E-state index contributed by atoms with van der Waals surface area (Å²) in [6.07, 6.45) is 4.35. The molecule has 148 valence electrons. The fraction of sp³-hybridized carbons (Fsp3) is 0.125. The summed E-state index contributed by atoms with van der Waals surface area (Å²) in [6.45, 7) is 1.08. The molecule has 0 fully saturated rings. The highest BCUT2D eigenvalue weighted by molar-refractivity contribution is 7.09. The molecule has 5 nitrogen and oxygen atoms in total. The van der Waals surface area contributed by atoms with E-state index in [1.54, 1.807) is 38.9 Å². The summed E-state index contributed by atoms with van der Waals surface area (Å²) in [5.74, 6) is 0. The number of aryl methyl sites for hydroxylation is 2. The lowest BCUT2D eigenvalue weighted by Crippen LogP contribution is -2.23. The van der Waals surface area contributed by atoms with Crippen LogP contribution in [0, 0.1) is 0 Å². The Morgan fingerprint density at radius 2 is 1.50 bits per heavy atom. The lowest BCUT2D eigenvalue weighted by Gasteiger charge is -2.09. The number of aromatic nitrogens is 3. The molecule has 5 aromatic rings. The van der Waals surface area contributed by atoms with Gasteiger partial charge in [-0.3, -0.25) is 9.59 Å². The molecule has 30 heavy (non-hydrogen) atoms. The Morgan fingerprint density at radius 1 is 0.800 bits per heavy atom. The first-order valence-electron chi connectivity index (χ1n) is 9.79. The molecule has 5 rings (SSSR count). The molecule has 0 aliphatic carbocycles. The van der Waals surface area contributed by atoms with Crippen molar-refractivity contribution in [3.05, 3.63) is 110 Å². The molecule has 0 amide bonds. The molecule has 4 heterocycles. The van der Waals surface area contributed by atoms with Crippen molar-refractivity contribution < 1.29 is 0 Å². The topological polar surface area (TPSA) is 56.9 Å². The summed E-state index contributed by atoms with van der Waals surface area (Å²) in [6, 6.07) is 19.3. The minimum Gasteiger partial charge on any atom is -0.315 e. The highest BCUT2D eigenvalue weighted by Crippen LogP contribution is 2.15. The van der Waals surface area contributed by atoms with Gasteiger partial charge < -0.3 is 9.13 Å². The summed E-state index contributed by atoms with van der Waals surface area (Å²) in [4.78, 5) is 31.9. The summed E-state index contributed by atoms with van der Waals surface area (Å²) >= 11 is 1.69. The van der Waals surface area contributed by atoms with Crippen molar-refractivity contribution >= 4 is 33.1 Å². The molecule has 0 spiro atoms. The fourth-order valence-electron chi connectivity index (χ4n) is 3.67. The van der Waals surface area contributed by atoms with Gasteiger partial charge in [0.1, 0.15) is 0 Å². The van der Waals surface area contributed by atoms with E-state index in [4.69, 9.17) is 0 Å². The van der Waals surface area contributed by atoms with Gasteiger partial charge in [-0.05, 0) is 41.6 Å². The Hall–Kier alpha value is -3.51. The van der Waals surface area contributed by atoms with Gasteiger partial charge in [0.15, 0.2) is 0 Å². The molecule has 0 saturated heterocycles. The quantitative estimate of drug-likeness (QED) is 0.408. The van der Waals surface area contributed by atoms with Crippen LogP contribution in [-0.4, -0.2) is 14.1 Å². The molecule has 6 heteroatoms. The van der Waals surface area contributed by atoms with Gasteiger partial charge in [-0.15, -0.1) is 11.3 Å². The Labute approximate surface area is 176 Å². The molecule has 0 N–H and O–H groups in total. The molecule has 0 aliphatic heterocycles. The highest BCUT2D eigenvalue weighted by Gasteiger charge is 2.10. The molecule has 0 aliphatic rings. The van der Waals surface area contributed by atoms with Crippen molar-refractivity contribution in [1.82, 2.24) is 14.1 Å². The molecule has 0 unspecified atom stereocenters. The van der Waals surface area contributed by atoms with Crippen LogP contribution in [0.3, 0.4) is 0 Å². The molecule has 1 aromatic carbocycles. The average Bonchev–Trinajstić information content (AvgIpc) is 3.29. The van der Waals surface area contributed by atoms with E-state index in [9.17, 15) is 9.59 Å². The third-order valence-electron chi connectivity index (χ3n) is 5.26.